The van der Waals surface area contributed by atoms with Crippen molar-refractivity contribution in [3.8, 4) is 0 Å². The molecular weight excluding hydrogens is 178 g/mol. The Labute approximate surface area is 87.6 Å². The van der Waals surface area contributed by atoms with Gasteiger partial charge in [0.05, 0.1) is 5.60 Å². The summed E-state index contributed by atoms with van der Waals surface area (Å²) in [4.78, 5) is 0. The van der Waals surface area contributed by atoms with Gasteiger partial charge in [-0.1, -0.05) is 13.8 Å². The largest absolute Gasteiger partial charge is 0.396 e. The average molecular weight is 203 g/mol. The van der Waals surface area contributed by atoms with Gasteiger partial charge in [-0.2, -0.15) is 0 Å². The fourth-order valence-electron chi connectivity index (χ4n) is 1.48. The van der Waals surface area contributed by atoms with E-state index in [1.165, 1.54) is 0 Å². The fraction of sp³-hybridized carbons (Fsp3) is 1.00. The van der Waals surface area contributed by atoms with Gasteiger partial charge in [0, 0.05) is 19.8 Å². The highest BCUT2D eigenvalue weighted by Crippen LogP contribution is 2.19. The number of hydrogen-bond acceptors (Lipinski definition) is 3. The third kappa shape index (κ3) is 4.94. The summed E-state index contributed by atoms with van der Waals surface area (Å²) < 4.78 is 5.82. The van der Waals surface area contributed by atoms with Crippen LogP contribution in [0.5, 0.6) is 0 Å². The summed E-state index contributed by atoms with van der Waals surface area (Å²) in [5.41, 5.74) is 5.59. The highest BCUT2D eigenvalue weighted by Gasteiger charge is 2.24. The summed E-state index contributed by atoms with van der Waals surface area (Å²) in [5.74, 6) is 0. The SMILES string of the molecule is CCC(CC)(CN)OCCCCCO. The maximum absolute atomic E-state index is 8.60. The Balaban J connectivity index is 3.61. The van der Waals surface area contributed by atoms with Crippen molar-refractivity contribution < 1.29 is 9.84 Å². The molecule has 3 nitrogen and oxygen atoms in total. The summed E-state index contributed by atoms with van der Waals surface area (Å²) in [6, 6.07) is 0. The molecule has 0 bridgehead atoms. The van der Waals surface area contributed by atoms with Gasteiger partial charge < -0.3 is 15.6 Å². The molecule has 0 heterocycles. The molecule has 0 rings (SSSR count). The van der Waals surface area contributed by atoms with Crippen molar-refractivity contribution in [2.45, 2.75) is 51.6 Å². The molecule has 14 heavy (non-hydrogen) atoms. The van der Waals surface area contributed by atoms with Gasteiger partial charge in [0.15, 0.2) is 0 Å². The van der Waals surface area contributed by atoms with E-state index >= 15 is 0 Å². The second kappa shape index (κ2) is 8.21. The first-order valence-corrected chi connectivity index (χ1v) is 5.69. The molecule has 0 aliphatic heterocycles. The highest BCUT2D eigenvalue weighted by molar-refractivity contribution is 4.78. The molecule has 3 heteroatoms. The van der Waals surface area contributed by atoms with Crippen molar-refractivity contribution in [3.63, 3.8) is 0 Å². The van der Waals surface area contributed by atoms with E-state index in [1.54, 1.807) is 0 Å². The maximum atomic E-state index is 8.60. The van der Waals surface area contributed by atoms with E-state index in [2.05, 4.69) is 13.8 Å². The molecule has 86 valence electrons. The van der Waals surface area contributed by atoms with Gasteiger partial charge >= 0.3 is 0 Å². The zero-order valence-electron chi connectivity index (χ0n) is 9.59. The predicted molar refractivity (Wildman–Crippen MR) is 59.3 cm³/mol. The number of aliphatic hydroxyl groups is 1. The number of unbranched alkanes of at least 4 members (excludes halogenated alkanes) is 2. The lowest BCUT2D eigenvalue weighted by molar-refractivity contribution is -0.0459. The lowest BCUT2D eigenvalue weighted by atomic mass is 9.97. The summed E-state index contributed by atoms with van der Waals surface area (Å²) in [6.45, 7) is 5.87. The van der Waals surface area contributed by atoms with Crippen molar-refractivity contribution in [1.29, 1.82) is 0 Å². The van der Waals surface area contributed by atoms with E-state index in [0.717, 1.165) is 38.7 Å². The van der Waals surface area contributed by atoms with Crippen molar-refractivity contribution in [3.05, 3.63) is 0 Å². The van der Waals surface area contributed by atoms with Gasteiger partial charge in [0.1, 0.15) is 0 Å². The van der Waals surface area contributed by atoms with E-state index < -0.39 is 0 Å². The van der Waals surface area contributed by atoms with Crippen LogP contribution >= 0.6 is 0 Å². The van der Waals surface area contributed by atoms with E-state index in [9.17, 15) is 0 Å². The maximum Gasteiger partial charge on any atom is 0.0798 e. The van der Waals surface area contributed by atoms with Crippen molar-refractivity contribution in [1.82, 2.24) is 0 Å². The summed E-state index contributed by atoms with van der Waals surface area (Å²) in [6.07, 6.45) is 4.87. The van der Waals surface area contributed by atoms with Crippen LogP contribution in [0.25, 0.3) is 0 Å². The number of ether oxygens (including phenoxy) is 1. The lowest BCUT2D eigenvalue weighted by Gasteiger charge is -2.30. The fourth-order valence-corrected chi connectivity index (χ4v) is 1.48. The number of rotatable bonds is 9. The van der Waals surface area contributed by atoms with Crippen LogP contribution in [0.4, 0.5) is 0 Å². The zero-order chi connectivity index (χ0) is 10.9. The molecule has 0 aliphatic rings. The smallest absolute Gasteiger partial charge is 0.0798 e. The monoisotopic (exact) mass is 203 g/mol. The van der Waals surface area contributed by atoms with E-state index in [-0.39, 0.29) is 12.2 Å². The molecule has 0 spiro atoms. The van der Waals surface area contributed by atoms with Crippen LogP contribution in [0, 0.1) is 0 Å². The summed E-state index contributed by atoms with van der Waals surface area (Å²) in [7, 11) is 0. The first kappa shape index (κ1) is 13.9. The minimum absolute atomic E-state index is 0.112. The van der Waals surface area contributed by atoms with Crippen LogP contribution in [0.15, 0.2) is 0 Å². The molecule has 0 atom stereocenters. The van der Waals surface area contributed by atoms with Crippen LogP contribution < -0.4 is 5.73 Å². The minimum atomic E-state index is -0.112. The zero-order valence-corrected chi connectivity index (χ0v) is 9.59. The quantitative estimate of drug-likeness (QED) is 0.561. The first-order chi connectivity index (χ1) is 6.74. The highest BCUT2D eigenvalue weighted by atomic mass is 16.5. The van der Waals surface area contributed by atoms with Gasteiger partial charge in [-0.25, -0.2) is 0 Å². The molecule has 3 N–H and O–H groups in total. The van der Waals surface area contributed by atoms with Crippen LogP contribution in [0.2, 0.25) is 0 Å². The lowest BCUT2D eigenvalue weighted by Crippen LogP contribution is -2.39. The molecule has 0 radical (unpaired) electrons. The molecule has 0 aliphatic carbocycles. The van der Waals surface area contributed by atoms with Crippen LogP contribution in [0.3, 0.4) is 0 Å². The topological polar surface area (TPSA) is 55.5 Å². The molecule has 0 saturated carbocycles. The van der Waals surface area contributed by atoms with Gasteiger partial charge in [-0.05, 0) is 32.1 Å². The normalized spacial score (nSPS) is 12.0. The Bertz CT molecular complexity index is 116. The Hall–Kier alpha value is -0.120. The average Bonchev–Trinajstić information content (AvgIpc) is 2.24. The summed E-state index contributed by atoms with van der Waals surface area (Å²) in [5, 5.41) is 8.60. The molecule has 0 amide bonds. The van der Waals surface area contributed by atoms with E-state index in [0.29, 0.717) is 6.54 Å². The van der Waals surface area contributed by atoms with Gasteiger partial charge in [-0.15, -0.1) is 0 Å². The number of aliphatic hydroxyl groups excluding tert-OH is 1. The van der Waals surface area contributed by atoms with Gasteiger partial charge in [0.2, 0.25) is 0 Å². The number of nitrogens with two attached hydrogens (primary N) is 1. The molecule has 0 aromatic carbocycles. The Kier molecular flexibility index (Phi) is 8.14. The summed E-state index contributed by atoms with van der Waals surface area (Å²) >= 11 is 0. The Morgan fingerprint density at radius 1 is 1.14 bits per heavy atom. The molecule has 0 aromatic rings. The van der Waals surface area contributed by atoms with Crippen LogP contribution in [-0.4, -0.2) is 30.5 Å². The second-order valence-electron chi connectivity index (χ2n) is 3.73. The van der Waals surface area contributed by atoms with Gasteiger partial charge in [0.25, 0.3) is 0 Å². The standard InChI is InChI=1S/C11H25NO2/c1-3-11(4-2,10-12)14-9-7-5-6-8-13/h13H,3-10,12H2,1-2H3. The van der Waals surface area contributed by atoms with Crippen molar-refractivity contribution in [2.24, 2.45) is 5.73 Å². The third-order valence-electron chi connectivity index (χ3n) is 2.87. The van der Waals surface area contributed by atoms with E-state index in [4.69, 9.17) is 15.6 Å². The Morgan fingerprint density at radius 3 is 2.21 bits per heavy atom. The molecule has 0 aromatic heterocycles. The first-order valence-electron chi connectivity index (χ1n) is 5.69. The van der Waals surface area contributed by atoms with Crippen molar-refractivity contribution in [2.75, 3.05) is 19.8 Å². The third-order valence-corrected chi connectivity index (χ3v) is 2.87. The van der Waals surface area contributed by atoms with E-state index in [1.807, 2.05) is 0 Å². The predicted octanol–water partition coefficient (Wildman–Crippen LogP) is 1.68. The minimum Gasteiger partial charge on any atom is -0.396 e. The Morgan fingerprint density at radius 2 is 1.79 bits per heavy atom. The molecule has 0 unspecified atom stereocenters. The van der Waals surface area contributed by atoms with Crippen LogP contribution in [-0.2, 0) is 4.74 Å². The molecular formula is C11H25NO2. The molecule has 0 fully saturated rings. The van der Waals surface area contributed by atoms with Crippen molar-refractivity contribution >= 4 is 0 Å². The van der Waals surface area contributed by atoms with Gasteiger partial charge in [-0.3, -0.25) is 0 Å². The second-order valence-corrected chi connectivity index (χ2v) is 3.73. The molecule has 0 saturated heterocycles. The van der Waals surface area contributed by atoms with Crippen LogP contribution in [0.1, 0.15) is 46.0 Å². The number of hydrogen-bond donors (Lipinski definition) is 2.